The molecule has 1 aliphatic heterocycles. The molecule has 2 N–H and O–H groups in total. The third kappa shape index (κ3) is 2.62. The fourth-order valence-electron chi connectivity index (χ4n) is 3.06. The Bertz CT molecular complexity index is 568. The highest BCUT2D eigenvalue weighted by Crippen LogP contribution is 2.32. The minimum Gasteiger partial charge on any atom is -0.453 e. The second-order valence-corrected chi connectivity index (χ2v) is 5.49. The number of likely N-dealkylation sites (tertiary alicyclic amines) is 1. The van der Waals surface area contributed by atoms with Crippen LogP contribution in [-0.2, 0) is 16.1 Å². The summed E-state index contributed by atoms with van der Waals surface area (Å²) >= 11 is 0. The first-order valence-electron chi connectivity index (χ1n) is 7.23. The summed E-state index contributed by atoms with van der Waals surface area (Å²) in [5, 5.41) is 11.7. The fourth-order valence-corrected chi connectivity index (χ4v) is 3.06. The number of methoxy groups -OCH3 is 1. The van der Waals surface area contributed by atoms with Gasteiger partial charge in [0, 0.05) is 26.3 Å². The highest BCUT2D eigenvalue weighted by atomic mass is 16.5. The number of rotatable bonds is 5. The average molecular weight is 310 g/mol. The van der Waals surface area contributed by atoms with Crippen molar-refractivity contribution < 1.29 is 23.8 Å². The molecule has 0 saturated carbocycles. The average Bonchev–Trinajstić information content (AvgIpc) is 3.10. The Balaban J connectivity index is 2.37. The van der Waals surface area contributed by atoms with Crippen molar-refractivity contribution in [3.8, 4) is 0 Å². The van der Waals surface area contributed by atoms with Gasteiger partial charge >= 0.3 is 0 Å². The van der Waals surface area contributed by atoms with Gasteiger partial charge in [-0.1, -0.05) is 0 Å². The maximum atomic E-state index is 12.8. The van der Waals surface area contributed by atoms with Gasteiger partial charge in [0.25, 0.3) is 5.91 Å². The Kier molecular flexibility index (Phi) is 4.87. The van der Waals surface area contributed by atoms with Crippen LogP contribution in [0, 0.1) is 6.92 Å². The third-order valence-corrected chi connectivity index (χ3v) is 4.09. The SMILES string of the molecule is CNC(=O)C1(COC)CCCN1C(=O)c1oc(CO)cc1C. The smallest absolute Gasteiger partial charge is 0.290 e. The van der Waals surface area contributed by atoms with E-state index in [-0.39, 0.29) is 30.8 Å². The molecule has 1 aliphatic rings. The molecule has 1 aromatic rings. The standard InChI is InChI=1S/C15H22N2O5/c1-10-7-11(8-18)22-12(10)13(19)17-6-4-5-15(17,9-21-3)14(20)16-2/h7,18H,4-6,8-9H2,1-3H3,(H,16,20). The molecule has 122 valence electrons. The molecule has 7 heteroatoms. The number of furan rings is 1. The van der Waals surface area contributed by atoms with Crippen molar-refractivity contribution in [2.45, 2.75) is 31.9 Å². The Morgan fingerprint density at radius 2 is 2.27 bits per heavy atom. The molecule has 2 amide bonds. The lowest BCUT2D eigenvalue weighted by atomic mass is 9.95. The molecular weight excluding hydrogens is 288 g/mol. The van der Waals surface area contributed by atoms with E-state index in [4.69, 9.17) is 14.3 Å². The molecule has 2 heterocycles. The van der Waals surface area contributed by atoms with Crippen LogP contribution < -0.4 is 5.32 Å². The van der Waals surface area contributed by atoms with Gasteiger partial charge in [-0.05, 0) is 25.8 Å². The lowest BCUT2D eigenvalue weighted by molar-refractivity contribution is -0.133. The number of carbonyl (C=O) groups excluding carboxylic acids is 2. The summed E-state index contributed by atoms with van der Waals surface area (Å²) in [5.74, 6) is -0.102. The Morgan fingerprint density at radius 3 is 2.82 bits per heavy atom. The topological polar surface area (TPSA) is 92.0 Å². The Morgan fingerprint density at radius 1 is 1.55 bits per heavy atom. The van der Waals surface area contributed by atoms with Gasteiger partial charge in [-0.25, -0.2) is 0 Å². The van der Waals surface area contributed by atoms with E-state index >= 15 is 0 Å². The summed E-state index contributed by atoms with van der Waals surface area (Å²) in [7, 11) is 3.05. The predicted molar refractivity (Wildman–Crippen MR) is 78.3 cm³/mol. The van der Waals surface area contributed by atoms with E-state index in [2.05, 4.69) is 5.32 Å². The molecule has 0 radical (unpaired) electrons. The van der Waals surface area contributed by atoms with Crippen molar-refractivity contribution in [1.82, 2.24) is 10.2 Å². The first-order valence-corrected chi connectivity index (χ1v) is 7.23. The summed E-state index contributed by atoms with van der Waals surface area (Å²) in [6.07, 6.45) is 1.26. The number of ether oxygens (including phenoxy) is 1. The minimum absolute atomic E-state index is 0.130. The molecule has 0 aromatic carbocycles. The van der Waals surface area contributed by atoms with Crippen molar-refractivity contribution in [3.05, 3.63) is 23.2 Å². The van der Waals surface area contributed by atoms with Crippen molar-refractivity contribution in [3.63, 3.8) is 0 Å². The van der Waals surface area contributed by atoms with Crippen LogP contribution in [0.2, 0.25) is 0 Å². The van der Waals surface area contributed by atoms with E-state index in [9.17, 15) is 9.59 Å². The number of nitrogens with zero attached hydrogens (tertiary/aromatic N) is 1. The van der Waals surface area contributed by atoms with Crippen LogP contribution in [0.4, 0.5) is 0 Å². The number of carbonyl (C=O) groups is 2. The van der Waals surface area contributed by atoms with Crippen molar-refractivity contribution in [1.29, 1.82) is 0 Å². The van der Waals surface area contributed by atoms with Gasteiger partial charge in [0.05, 0.1) is 6.61 Å². The van der Waals surface area contributed by atoms with Crippen LogP contribution in [0.5, 0.6) is 0 Å². The highest BCUT2D eigenvalue weighted by molar-refractivity contribution is 5.99. The van der Waals surface area contributed by atoms with Gasteiger partial charge < -0.3 is 24.5 Å². The molecule has 0 spiro atoms. The summed E-state index contributed by atoms with van der Waals surface area (Å²) in [6.45, 7) is 2.06. The zero-order valence-corrected chi connectivity index (χ0v) is 13.1. The van der Waals surface area contributed by atoms with Crippen LogP contribution >= 0.6 is 0 Å². The molecule has 1 unspecified atom stereocenters. The van der Waals surface area contributed by atoms with Gasteiger partial charge in [0.1, 0.15) is 17.9 Å². The number of likely N-dealkylation sites (N-methyl/N-ethyl adjacent to an activating group) is 1. The quantitative estimate of drug-likeness (QED) is 0.824. The maximum Gasteiger partial charge on any atom is 0.290 e. The largest absolute Gasteiger partial charge is 0.453 e. The summed E-state index contributed by atoms with van der Waals surface area (Å²) in [4.78, 5) is 26.7. The van der Waals surface area contributed by atoms with E-state index < -0.39 is 5.54 Å². The number of nitrogens with one attached hydrogen (secondary N) is 1. The van der Waals surface area contributed by atoms with Crippen molar-refractivity contribution in [2.75, 3.05) is 27.3 Å². The third-order valence-electron chi connectivity index (χ3n) is 4.09. The van der Waals surface area contributed by atoms with Gasteiger partial charge in [-0.3, -0.25) is 9.59 Å². The second-order valence-electron chi connectivity index (χ2n) is 5.49. The van der Waals surface area contributed by atoms with Gasteiger partial charge in [0.15, 0.2) is 5.76 Å². The van der Waals surface area contributed by atoms with Crippen LogP contribution in [0.25, 0.3) is 0 Å². The Hall–Kier alpha value is -1.86. The van der Waals surface area contributed by atoms with Crippen LogP contribution in [-0.4, -0.2) is 54.7 Å². The number of aliphatic hydroxyl groups excluding tert-OH is 1. The molecule has 22 heavy (non-hydrogen) atoms. The molecule has 1 atom stereocenters. The Labute approximate surface area is 129 Å². The molecule has 2 rings (SSSR count). The van der Waals surface area contributed by atoms with Gasteiger partial charge in [0.2, 0.25) is 5.91 Å². The van der Waals surface area contributed by atoms with Crippen LogP contribution in [0.3, 0.4) is 0 Å². The number of amides is 2. The lowest BCUT2D eigenvalue weighted by Gasteiger charge is -2.35. The molecular formula is C15H22N2O5. The number of hydrogen-bond acceptors (Lipinski definition) is 5. The first kappa shape index (κ1) is 16.5. The zero-order chi connectivity index (χ0) is 16.3. The molecule has 1 aromatic heterocycles. The van der Waals surface area contributed by atoms with Crippen LogP contribution in [0.1, 0.15) is 34.7 Å². The highest BCUT2D eigenvalue weighted by Gasteiger charge is 2.50. The van der Waals surface area contributed by atoms with Gasteiger partial charge in [-0.2, -0.15) is 0 Å². The molecule has 1 saturated heterocycles. The van der Waals surface area contributed by atoms with E-state index in [1.807, 2.05) is 0 Å². The second kappa shape index (κ2) is 6.50. The fraction of sp³-hybridized carbons (Fsp3) is 0.600. The summed E-state index contributed by atoms with van der Waals surface area (Å²) in [5.41, 5.74) is -0.372. The monoisotopic (exact) mass is 310 g/mol. The van der Waals surface area contributed by atoms with E-state index in [0.717, 1.165) is 6.42 Å². The van der Waals surface area contributed by atoms with Crippen LogP contribution in [0.15, 0.2) is 10.5 Å². The summed E-state index contributed by atoms with van der Waals surface area (Å²) < 4.78 is 10.6. The first-order chi connectivity index (χ1) is 10.5. The van der Waals surface area contributed by atoms with E-state index in [0.29, 0.717) is 24.3 Å². The molecule has 0 bridgehead atoms. The lowest BCUT2D eigenvalue weighted by Crippen LogP contribution is -2.59. The molecule has 1 fully saturated rings. The van der Waals surface area contributed by atoms with Crippen molar-refractivity contribution in [2.24, 2.45) is 0 Å². The maximum absolute atomic E-state index is 12.8. The van der Waals surface area contributed by atoms with Gasteiger partial charge in [-0.15, -0.1) is 0 Å². The number of hydrogen-bond donors (Lipinski definition) is 2. The molecule has 7 nitrogen and oxygen atoms in total. The zero-order valence-electron chi connectivity index (χ0n) is 13.1. The number of aliphatic hydroxyl groups is 1. The van der Waals surface area contributed by atoms with E-state index in [1.54, 1.807) is 20.0 Å². The number of aryl methyl sites for hydroxylation is 1. The normalized spacial score (nSPS) is 21.2. The van der Waals surface area contributed by atoms with Crippen molar-refractivity contribution >= 4 is 11.8 Å². The predicted octanol–water partition coefficient (Wildman–Crippen LogP) is 0.448. The van der Waals surface area contributed by atoms with E-state index in [1.165, 1.54) is 12.0 Å². The molecule has 0 aliphatic carbocycles. The minimum atomic E-state index is -1.01. The summed E-state index contributed by atoms with van der Waals surface area (Å²) in [6, 6.07) is 1.63.